The molecular weight excluding hydrogens is 386 g/mol. The summed E-state index contributed by atoms with van der Waals surface area (Å²) in [6, 6.07) is 4.67. The first-order valence-electron chi connectivity index (χ1n) is 8.70. The third-order valence-electron chi connectivity index (χ3n) is 4.81. The van der Waals surface area contributed by atoms with E-state index in [1.807, 2.05) is 0 Å². The van der Waals surface area contributed by atoms with Crippen molar-refractivity contribution in [2.75, 3.05) is 13.1 Å². The quantitative estimate of drug-likeness (QED) is 0.679. The van der Waals surface area contributed by atoms with Crippen molar-refractivity contribution in [2.24, 2.45) is 5.41 Å². The average molecular weight is 407 g/mol. The molecule has 1 saturated heterocycles. The number of alkyl halides is 4. The number of benzene rings is 1. The topological polar surface area (TPSA) is 87.1 Å². The van der Waals surface area contributed by atoms with Crippen LogP contribution in [-0.2, 0) is 4.79 Å². The van der Waals surface area contributed by atoms with Gasteiger partial charge in [-0.1, -0.05) is 25.5 Å². The van der Waals surface area contributed by atoms with Crippen molar-refractivity contribution in [1.29, 1.82) is 0 Å². The SMILES string of the molecule is CCC[C@@]1(C(=O)O)CN(C(=O)c2ccccc2OC(F)(F)C(F)F)CC[C@H]1O. The fourth-order valence-electron chi connectivity index (χ4n) is 3.36. The van der Waals surface area contributed by atoms with Crippen molar-refractivity contribution in [3.63, 3.8) is 0 Å². The van der Waals surface area contributed by atoms with Gasteiger partial charge in [0, 0.05) is 13.1 Å². The molecule has 0 spiro atoms. The Labute approximate surface area is 158 Å². The molecule has 28 heavy (non-hydrogen) atoms. The van der Waals surface area contributed by atoms with Gasteiger partial charge in [0.25, 0.3) is 5.91 Å². The Hall–Kier alpha value is -2.36. The number of piperidine rings is 1. The second-order valence-corrected chi connectivity index (χ2v) is 6.70. The molecule has 1 aliphatic rings. The lowest BCUT2D eigenvalue weighted by Crippen LogP contribution is -2.57. The lowest BCUT2D eigenvalue weighted by molar-refractivity contribution is -0.253. The fraction of sp³-hybridized carbons (Fsp3) is 0.556. The van der Waals surface area contributed by atoms with Gasteiger partial charge in [0.1, 0.15) is 11.2 Å². The first-order valence-corrected chi connectivity index (χ1v) is 8.70. The van der Waals surface area contributed by atoms with Gasteiger partial charge in [0.15, 0.2) is 0 Å². The summed E-state index contributed by atoms with van der Waals surface area (Å²) in [6.07, 6.45) is -9.54. The van der Waals surface area contributed by atoms with Crippen LogP contribution in [0.2, 0.25) is 0 Å². The first kappa shape index (κ1) is 21.9. The number of amides is 1. The number of carboxylic acids is 1. The molecule has 2 atom stereocenters. The lowest BCUT2D eigenvalue weighted by Gasteiger charge is -2.43. The zero-order valence-electron chi connectivity index (χ0n) is 15.1. The number of halogens is 4. The second-order valence-electron chi connectivity index (χ2n) is 6.70. The van der Waals surface area contributed by atoms with Crippen molar-refractivity contribution >= 4 is 11.9 Å². The number of likely N-dealkylation sites (tertiary alicyclic amines) is 1. The summed E-state index contributed by atoms with van der Waals surface area (Å²) in [5.41, 5.74) is -1.99. The van der Waals surface area contributed by atoms with Crippen molar-refractivity contribution < 1.29 is 42.1 Å². The molecule has 10 heteroatoms. The number of carboxylic acid groups (broad SMARTS) is 1. The Morgan fingerprint density at radius 3 is 2.57 bits per heavy atom. The number of aliphatic hydroxyl groups excluding tert-OH is 1. The standard InChI is InChI=1S/C18H21F4NO5/c1-2-8-17(16(26)27)10-23(9-7-13(17)24)14(25)11-5-3-4-6-12(11)28-18(21,22)15(19)20/h3-6,13,15,24H,2,7-10H2,1H3,(H,26,27)/t13-,17-/m1/s1. The molecule has 0 aliphatic carbocycles. The molecule has 0 saturated carbocycles. The Morgan fingerprint density at radius 1 is 1.36 bits per heavy atom. The highest BCUT2D eigenvalue weighted by Gasteiger charge is 2.50. The van der Waals surface area contributed by atoms with Crippen LogP contribution in [0.5, 0.6) is 5.75 Å². The molecule has 1 aromatic rings. The number of carbonyl (C=O) groups excluding carboxylic acids is 1. The smallest absolute Gasteiger partial charge is 0.461 e. The normalized spacial score (nSPS) is 23.0. The average Bonchev–Trinajstić information content (AvgIpc) is 2.63. The van der Waals surface area contributed by atoms with Crippen molar-refractivity contribution in [3.8, 4) is 5.75 Å². The molecule has 1 amide bonds. The zero-order valence-corrected chi connectivity index (χ0v) is 15.1. The summed E-state index contributed by atoms with van der Waals surface area (Å²) in [5, 5.41) is 19.9. The van der Waals surface area contributed by atoms with Crippen molar-refractivity contribution in [3.05, 3.63) is 29.8 Å². The lowest BCUT2D eigenvalue weighted by atomic mass is 9.74. The van der Waals surface area contributed by atoms with Crippen molar-refractivity contribution in [2.45, 2.75) is 44.8 Å². The number of aliphatic hydroxyl groups is 1. The molecule has 0 radical (unpaired) electrons. The van der Waals surface area contributed by atoms with E-state index in [9.17, 15) is 37.4 Å². The maximum atomic E-state index is 13.3. The Balaban J connectivity index is 2.33. The number of hydrogen-bond donors (Lipinski definition) is 2. The minimum Gasteiger partial charge on any atom is -0.481 e. The zero-order chi connectivity index (χ0) is 21.1. The van der Waals surface area contributed by atoms with Gasteiger partial charge in [-0.05, 0) is 25.0 Å². The molecule has 0 unspecified atom stereocenters. The van der Waals surface area contributed by atoms with Crippen LogP contribution in [0.15, 0.2) is 24.3 Å². The van der Waals surface area contributed by atoms with E-state index in [-0.39, 0.29) is 25.9 Å². The van der Waals surface area contributed by atoms with E-state index in [0.29, 0.717) is 6.42 Å². The third-order valence-corrected chi connectivity index (χ3v) is 4.81. The Bertz CT molecular complexity index is 730. The number of para-hydroxylation sites is 1. The van der Waals surface area contributed by atoms with Gasteiger partial charge < -0.3 is 19.8 Å². The monoisotopic (exact) mass is 407 g/mol. The number of carbonyl (C=O) groups is 2. The van der Waals surface area contributed by atoms with Gasteiger partial charge in [-0.15, -0.1) is 0 Å². The summed E-state index contributed by atoms with van der Waals surface area (Å²) >= 11 is 0. The van der Waals surface area contributed by atoms with E-state index in [1.54, 1.807) is 6.92 Å². The van der Waals surface area contributed by atoms with Gasteiger partial charge in [-0.25, -0.2) is 0 Å². The van der Waals surface area contributed by atoms with Crippen LogP contribution >= 0.6 is 0 Å². The van der Waals surface area contributed by atoms with Crippen LogP contribution < -0.4 is 4.74 Å². The molecule has 0 aromatic heterocycles. The number of aliphatic carboxylic acids is 1. The van der Waals surface area contributed by atoms with Gasteiger partial charge in [0.2, 0.25) is 0 Å². The third kappa shape index (κ3) is 4.21. The summed E-state index contributed by atoms with van der Waals surface area (Å²) < 4.78 is 55.5. The van der Waals surface area contributed by atoms with Crippen LogP contribution in [0.1, 0.15) is 36.5 Å². The number of hydrogen-bond acceptors (Lipinski definition) is 4. The Kier molecular flexibility index (Phi) is 6.53. The molecule has 1 heterocycles. The van der Waals surface area contributed by atoms with E-state index in [1.165, 1.54) is 12.1 Å². The van der Waals surface area contributed by atoms with E-state index >= 15 is 0 Å². The van der Waals surface area contributed by atoms with Gasteiger partial charge in [-0.2, -0.15) is 17.6 Å². The van der Waals surface area contributed by atoms with Crippen molar-refractivity contribution in [1.82, 2.24) is 4.90 Å². The predicted molar refractivity (Wildman–Crippen MR) is 89.5 cm³/mol. The first-order chi connectivity index (χ1) is 13.0. The molecule has 2 N–H and O–H groups in total. The van der Waals surface area contributed by atoms with Crippen LogP contribution in [0.4, 0.5) is 17.6 Å². The van der Waals surface area contributed by atoms with Gasteiger partial charge in [-0.3, -0.25) is 9.59 Å². The van der Waals surface area contributed by atoms with E-state index in [4.69, 9.17) is 0 Å². The number of ether oxygens (including phenoxy) is 1. The van der Waals surface area contributed by atoms with Gasteiger partial charge in [0.05, 0.1) is 11.7 Å². The molecule has 156 valence electrons. The maximum Gasteiger partial charge on any atom is 0.461 e. The minimum atomic E-state index is -4.79. The molecule has 1 aliphatic heterocycles. The van der Waals surface area contributed by atoms with E-state index < -0.39 is 47.2 Å². The van der Waals surface area contributed by atoms with Gasteiger partial charge >= 0.3 is 18.5 Å². The minimum absolute atomic E-state index is 0.0156. The molecule has 2 rings (SSSR count). The maximum absolute atomic E-state index is 13.3. The van der Waals surface area contributed by atoms with Crippen LogP contribution in [0.25, 0.3) is 0 Å². The van der Waals surface area contributed by atoms with Crippen LogP contribution in [-0.4, -0.2) is 58.7 Å². The highest BCUT2D eigenvalue weighted by molar-refractivity contribution is 5.97. The molecule has 0 bridgehead atoms. The van der Waals surface area contributed by atoms with E-state index in [0.717, 1.165) is 17.0 Å². The molecular formula is C18H21F4NO5. The summed E-state index contributed by atoms with van der Waals surface area (Å²) in [6.45, 7) is 1.38. The van der Waals surface area contributed by atoms with Crippen LogP contribution in [0, 0.1) is 5.41 Å². The van der Waals surface area contributed by atoms with Crippen LogP contribution in [0.3, 0.4) is 0 Å². The highest BCUT2D eigenvalue weighted by atomic mass is 19.3. The second kappa shape index (κ2) is 8.34. The Morgan fingerprint density at radius 2 is 2.00 bits per heavy atom. The molecule has 1 fully saturated rings. The number of rotatable bonds is 7. The highest BCUT2D eigenvalue weighted by Crippen LogP contribution is 2.37. The molecule has 6 nitrogen and oxygen atoms in total. The fourth-order valence-corrected chi connectivity index (χ4v) is 3.36. The summed E-state index contributed by atoms with van der Waals surface area (Å²) in [5.74, 6) is -2.84. The molecule has 1 aromatic carbocycles. The van der Waals surface area contributed by atoms with E-state index in [2.05, 4.69) is 4.74 Å². The summed E-state index contributed by atoms with van der Waals surface area (Å²) in [7, 11) is 0. The summed E-state index contributed by atoms with van der Waals surface area (Å²) in [4.78, 5) is 25.8. The largest absolute Gasteiger partial charge is 0.481 e. The number of nitrogens with zero attached hydrogens (tertiary/aromatic N) is 1. The predicted octanol–water partition coefficient (Wildman–Crippen LogP) is 3.00.